The first-order chi connectivity index (χ1) is 11.6. The largest absolute Gasteiger partial charge is 0.469 e. The number of hydrogen-bond donors (Lipinski definition) is 0. The summed E-state index contributed by atoms with van der Waals surface area (Å²) in [5, 5.41) is 10.7. The molecule has 0 aromatic rings. The average molecular weight is 337 g/mol. The average Bonchev–Trinajstić information content (AvgIpc) is 2.57. The molecule has 0 aliphatic carbocycles. The van der Waals surface area contributed by atoms with Crippen molar-refractivity contribution in [1.82, 2.24) is 0 Å². The lowest BCUT2D eigenvalue weighted by molar-refractivity contribution is -0.427. The number of allylic oxidation sites excluding steroid dienone is 5. The predicted octanol–water partition coefficient (Wildman–Crippen LogP) is 5.35. The minimum absolute atomic E-state index is 0.124. The third-order valence-electron chi connectivity index (χ3n) is 3.59. The molecule has 0 saturated heterocycles. The van der Waals surface area contributed by atoms with Crippen LogP contribution in [-0.4, -0.2) is 18.0 Å². The molecule has 5 nitrogen and oxygen atoms in total. The third-order valence-corrected chi connectivity index (χ3v) is 3.59. The van der Waals surface area contributed by atoms with Gasteiger partial charge in [-0.25, -0.2) is 0 Å². The molecule has 0 heterocycles. The molecule has 0 amide bonds. The van der Waals surface area contributed by atoms with E-state index < -0.39 is 0 Å². The Balaban J connectivity index is 3.56. The van der Waals surface area contributed by atoms with Crippen LogP contribution in [0.25, 0.3) is 0 Å². The van der Waals surface area contributed by atoms with Gasteiger partial charge < -0.3 is 4.74 Å². The van der Waals surface area contributed by atoms with Crippen molar-refractivity contribution in [1.29, 1.82) is 0 Å². The monoisotopic (exact) mass is 337 g/mol. The molecule has 0 aromatic carbocycles. The number of hydrogen-bond acceptors (Lipinski definition) is 4. The Morgan fingerprint density at radius 3 is 2.38 bits per heavy atom. The zero-order chi connectivity index (χ0) is 18.0. The van der Waals surface area contributed by atoms with Gasteiger partial charge in [0.25, 0.3) is 0 Å². The van der Waals surface area contributed by atoms with E-state index in [4.69, 9.17) is 0 Å². The van der Waals surface area contributed by atoms with Gasteiger partial charge in [-0.3, -0.25) is 14.9 Å². The van der Waals surface area contributed by atoms with Crippen LogP contribution >= 0.6 is 0 Å². The Morgan fingerprint density at radius 1 is 1.04 bits per heavy atom. The highest BCUT2D eigenvalue weighted by Gasteiger charge is 2.05. The SMILES string of the molecule is CC/C=C(\C/C=C\C/C=C/CCCCCCCC(=O)OC)[N+](=O)[O-]. The third kappa shape index (κ3) is 13.7. The topological polar surface area (TPSA) is 69.4 Å². The van der Waals surface area contributed by atoms with E-state index >= 15 is 0 Å². The van der Waals surface area contributed by atoms with E-state index in [2.05, 4.69) is 16.9 Å². The Hall–Kier alpha value is -1.91. The van der Waals surface area contributed by atoms with Crippen molar-refractivity contribution in [3.05, 3.63) is 46.2 Å². The van der Waals surface area contributed by atoms with Crippen LogP contribution in [0.3, 0.4) is 0 Å². The fourth-order valence-electron chi connectivity index (χ4n) is 2.22. The summed E-state index contributed by atoms with van der Waals surface area (Å²) in [6.07, 6.45) is 18.7. The fraction of sp³-hybridized carbons (Fsp3) is 0.632. The van der Waals surface area contributed by atoms with E-state index in [1.807, 2.05) is 19.1 Å². The Morgan fingerprint density at radius 2 is 1.71 bits per heavy atom. The number of esters is 1. The highest BCUT2D eigenvalue weighted by Crippen LogP contribution is 2.09. The summed E-state index contributed by atoms with van der Waals surface area (Å²) in [6.45, 7) is 1.90. The summed E-state index contributed by atoms with van der Waals surface area (Å²) >= 11 is 0. The number of carbonyl (C=O) groups is 1. The molecule has 0 N–H and O–H groups in total. The van der Waals surface area contributed by atoms with E-state index in [1.54, 1.807) is 6.08 Å². The molecular weight excluding hydrogens is 306 g/mol. The highest BCUT2D eigenvalue weighted by molar-refractivity contribution is 5.68. The molecule has 24 heavy (non-hydrogen) atoms. The second-order valence-electron chi connectivity index (χ2n) is 5.63. The van der Waals surface area contributed by atoms with Crippen LogP contribution in [0.5, 0.6) is 0 Å². The molecule has 0 spiro atoms. The first kappa shape index (κ1) is 22.1. The molecule has 0 unspecified atom stereocenters. The zero-order valence-electron chi connectivity index (χ0n) is 15.0. The van der Waals surface area contributed by atoms with Crippen LogP contribution in [0.4, 0.5) is 0 Å². The summed E-state index contributed by atoms with van der Waals surface area (Å²) in [5.41, 5.74) is 0.268. The van der Waals surface area contributed by atoms with E-state index in [9.17, 15) is 14.9 Å². The number of carbonyl (C=O) groups excluding carboxylic acids is 1. The minimum atomic E-state index is -0.311. The van der Waals surface area contributed by atoms with Gasteiger partial charge in [0.15, 0.2) is 0 Å². The second kappa shape index (κ2) is 16.0. The number of nitrogens with zero attached hydrogens (tertiary/aromatic N) is 1. The predicted molar refractivity (Wildman–Crippen MR) is 97.2 cm³/mol. The van der Waals surface area contributed by atoms with Gasteiger partial charge in [0, 0.05) is 6.42 Å². The van der Waals surface area contributed by atoms with Crippen molar-refractivity contribution in [3.8, 4) is 0 Å². The van der Waals surface area contributed by atoms with Crippen LogP contribution in [0, 0.1) is 10.1 Å². The van der Waals surface area contributed by atoms with E-state index in [1.165, 1.54) is 13.5 Å². The van der Waals surface area contributed by atoms with Crippen molar-refractivity contribution < 1.29 is 14.5 Å². The van der Waals surface area contributed by atoms with Crippen LogP contribution < -0.4 is 0 Å². The van der Waals surface area contributed by atoms with Crippen molar-refractivity contribution in [2.24, 2.45) is 0 Å². The molecule has 0 aromatic heterocycles. The van der Waals surface area contributed by atoms with Gasteiger partial charge in [-0.15, -0.1) is 0 Å². The quantitative estimate of drug-likeness (QED) is 0.141. The van der Waals surface area contributed by atoms with Gasteiger partial charge in [0.05, 0.1) is 18.5 Å². The molecule has 0 bridgehead atoms. The Labute approximate surface area is 145 Å². The molecule has 0 atom stereocenters. The Kier molecular flexibility index (Phi) is 14.7. The number of nitro groups is 1. The maximum Gasteiger partial charge on any atom is 0.305 e. The van der Waals surface area contributed by atoms with Crippen LogP contribution in [0.1, 0.15) is 71.1 Å². The summed E-state index contributed by atoms with van der Waals surface area (Å²) in [4.78, 5) is 21.4. The maximum atomic E-state index is 10.9. The number of methoxy groups -OCH3 is 1. The lowest BCUT2D eigenvalue weighted by Crippen LogP contribution is -1.98. The van der Waals surface area contributed by atoms with E-state index in [0.29, 0.717) is 19.3 Å². The zero-order valence-corrected chi connectivity index (χ0v) is 15.0. The summed E-state index contributed by atoms with van der Waals surface area (Å²) < 4.78 is 4.60. The van der Waals surface area contributed by atoms with Crippen LogP contribution in [0.15, 0.2) is 36.1 Å². The van der Waals surface area contributed by atoms with Crippen molar-refractivity contribution in [3.63, 3.8) is 0 Å². The summed E-state index contributed by atoms with van der Waals surface area (Å²) in [6, 6.07) is 0. The molecule has 0 saturated carbocycles. The lowest BCUT2D eigenvalue weighted by Gasteiger charge is -1.99. The molecule has 5 heteroatoms. The molecular formula is C19H31NO4. The van der Waals surface area contributed by atoms with Crippen molar-refractivity contribution in [2.45, 2.75) is 71.1 Å². The van der Waals surface area contributed by atoms with Crippen LogP contribution in [0.2, 0.25) is 0 Å². The molecule has 136 valence electrons. The molecule has 0 aliphatic rings. The molecule has 0 radical (unpaired) electrons. The first-order valence-corrected chi connectivity index (χ1v) is 8.82. The van der Waals surface area contributed by atoms with Crippen molar-refractivity contribution in [2.75, 3.05) is 7.11 Å². The lowest BCUT2D eigenvalue weighted by atomic mass is 10.1. The van der Waals surface area contributed by atoms with Gasteiger partial charge >= 0.3 is 5.97 Å². The molecule has 0 fully saturated rings. The minimum Gasteiger partial charge on any atom is -0.469 e. The number of ether oxygens (including phenoxy) is 1. The highest BCUT2D eigenvalue weighted by atomic mass is 16.6. The number of rotatable bonds is 14. The van der Waals surface area contributed by atoms with Gasteiger partial charge in [-0.2, -0.15) is 0 Å². The normalized spacial score (nSPS) is 12.2. The van der Waals surface area contributed by atoms with Gasteiger partial charge in [-0.1, -0.05) is 50.5 Å². The van der Waals surface area contributed by atoms with Gasteiger partial charge in [-0.05, 0) is 38.2 Å². The van der Waals surface area contributed by atoms with Crippen molar-refractivity contribution >= 4 is 5.97 Å². The van der Waals surface area contributed by atoms with Gasteiger partial charge in [0.2, 0.25) is 5.70 Å². The molecule has 0 rings (SSSR count). The fourth-order valence-corrected chi connectivity index (χ4v) is 2.22. The van der Waals surface area contributed by atoms with Crippen LogP contribution in [-0.2, 0) is 9.53 Å². The molecule has 0 aliphatic heterocycles. The summed E-state index contributed by atoms with van der Waals surface area (Å²) in [7, 11) is 1.42. The second-order valence-corrected chi connectivity index (χ2v) is 5.63. The van der Waals surface area contributed by atoms with E-state index in [-0.39, 0.29) is 16.6 Å². The van der Waals surface area contributed by atoms with E-state index in [0.717, 1.165) is 38.5 Å². The number of unbranched alkanes of at least 4 members (excludes halogenated alkanes) is 5. The standard InChI is InChI=1S/C19H31NO4/c1-3-15-18(20(22)23)16-13-11-9-7-5-4-6-8-10-12-14-17-19(21)24-2/h5,7,11,13,15H,3-4,6,8-10,12,14,16-17H2,1-2H3/b7-5+,13-11-,18-15+. The van der Waals surface area contributed by atoms with Gasteiger partial charge in [0.1, 0.15) is 0 Å². The summed E-state index contributed by atoms with van der Waals surface area (Å²) in [5.74, 6) is -0.124. The smallest absolute Gasteiger partial charge is 0.305 e. The maximum absolute atomic E-state index is 10.9. The Bertz CT molecular complexity index is 439. The first-order valence-electron chi connectivity index (χ1n) is 8.82.